The van der Waals surface area contributed by atoms with E-state index in [2.05, 4.69) is 0 Å². The van der Waals surface area contributed by atoms with Crippen molar-refractivity contribution in [1.29, 1.82) is 0 Å². The second-order valence-corrected chi connectivity index (χ2v) is 5.53. The quantitative estimate of drug-likeness (QED) is 0.722. The highest BCUT2D eigenvalue weighted by molar-refractivity contribution is 7.90. The van der Waals surface area contributed by atoms with Crippen molar-refractivity contribution in [3.8, 4) is 0 Å². The van der Waals surface area contributed by atoms with E-state index in [0.717, 1.165) is 6.26 Å². The average Bonchev–Trinajstić information content (AvgIpc) is 2.64. The molecule has 4 nitrogen and oxygen atoms in total. The molecule has 2 rings (SSSR count). The predicted octanol–water partition coefficient (Wildman–Crippen LogP) is 1.03. The highest BCUT2D eigenvalue weighted by atomic mass is 32.2. The van der Waals surface area contributed by atoms with E-state index < -0.39 is 15.8 Å². The standard InChI is InChI=1S/C11H10O4S/c1-16(13,14)10-5-3-2-4-9(10)8-6-11(12)15-7-8/h2-6H,7H2,1H3. The number of carbonyl (C=O) groups excluding carboxylic acids is 1. The lowest BCUT2D eigenvalue weighted by Crippen LogP contribution is -2.02. The van der Waals surface area contributed by atoms with Crippen molar-refractivity contribution in [2.45, 2.75) is 4.90 Å². The zero-order chi connectivity index (χ0) is 11.8. The summed E-state index contributed by atoms with van der Waals surface area (Å²) in [6.07, 6.45) is 2.47. The molecule has 0 unspecified atom stereocenters. The van der Waals surface area contributed by atoms with E-state index in [1.807, 2.05) is 0 Å². The van der Waals surface area contributed by atoms with Crippen LogP contribution < -0.4 is 0 Å². The number of ether oxygens (including phenoxy) is 1. The lowest BCUT2D eigenvalue weighted by Gasteiger charge is -2.07. The summed E-state index contributed by atoms with van der Waals surface area (Å²) < 4.78 is 27.8. The molecule has 1 aromatic rings. The molecule has 0 radical (unpaired) electrons. The third kappa shape index (κ3) is 1.99. The lowest BCUT2D eigenvalue weighted by molar-refractivity contribution is -0.134. The van der Waals surface area contributed by atoms with E-state index in [-0.39, 0.29) is 11.5 Å². The van der Waals surface area contributed by atoms with Crippen molar-refractivity contribution in [2.24, 2.45) is 0 Å². The fourth-order valence-corrected chi connectivity index (χ4v) is 2.51. The largest absolute Gasteiger partial charge is 0.458 e. The second-order valence-electron chi connectivity index (χ2n) is 3.55. The summed E-state index contributed by atoms with van der Waals surface area (Å²) in [7, 11) is -3.30. The lowest BCUT2D eigenvalue weighted by atomic mass is 10.1. The summed E-state index contributed by atoms with van der Waals surface area (Å²) in [5.41, 5.74) is 1.14. The van der Waals surface area contributed by atoms with Crippen LogP contribution in [0.15, 0.2) is 35.2 Å². The molecule has 0 atom stereocenters. The monoisotopic (exact) mass is 238 g/mol. The van der Waals surface area contributed by atoms with Crippen molar-refractivity contribution in [3.05, 3.63) is 35.9 Å². The van der Waals surface area contributed by atoms with Crippen molar-refractivity contribution < 1.29 is 17.9 Å². The van der Waals surface area contributed by atoms with Crippen LogP contribution in [0.1, 0.15) is 5.56 Å². The Hall–Kier alpha value is -1.62. The van der Waals surface area contributed by atoms with Crippen LogP contribution >= 0.6 is 0 Å². The normalized spacial score (nSPS) is 15.8. The van der Waals surface area contributed by atoms with Gasteiger partial charge in [0.15, 0.2) is 9.84 Å². The first-order valence-electron chi connectivity index (χ1n) is 4.65. The number of hydrogen-bond acceptors (Lipinski definition) is 4. The molecule has 1 aromatic carbocycles. The van der Waals surface area contributed by atoms with E-state index in [4.69, 9.17) is 4.74 Å². The summed E-state index contributed by atoms with van der Waals surface area (Å²) in [4.78, 5) is 11.2. The van der Waals surface area contributed by atoms with Crippen molar-refractivity contribution in [1.82, 2.24) is 0 Å². The molecular weight excluding hydrogens is 228 g/mol. The van der Waals surface area contributed by atoms with Gasteiger partial charge in [-0.25, -0.2) is 13.2 Å². The smallest absolute Gasteiger partial charge is 0.331 e. The van der Waals surface area contributed by atoms with Gasteiger partial charge in [-0.05, 0) is 11.6 Å². The van der Waals surface area contributed by atoms with Gasteiger partial charge < -0.3 is 4.74 Å². The zero-order valence-corrected chi connectivity index (χ0v) is 9.45. The third-order valence-electron chi connectivity index (χ3n) is 2.29. The molecule has 0 amide bonds. The van der Waals surface area contributed by atoms with Crippen molar-refractivity contribution in [3.63, 3.8) is 0 Å². The summed E-state index contributed by atoms with van der Waals surface area (Å²) in [6, 6.07) is 6.57. The van der Waals surface area contributed by atoms with Gasteiger partial charge in [0.25, 0.3) is 0 Å². The number of carbonyl (C=O) groups is 1. The molecule has 0 aromatic heterocycles. The minimum Gasteiger partial charge on any atom is -0.458 e. The molecule has 5 heteroatoms. The molecule has 1 heterocycles. The SMILES string of the molecule is CS(=O)(=O)c1ccccc1C1=CC(=O)OC1. The highest BCUT2D eigenvalue weighted by Crippen LogP contribution is 2.26. The first-order valence-corrected chi connectivity index (χ1v) is 6.54. The molecule has 0 saturated heterocycles. The van der Waals surface area contributed by atoms with Crippen LogP contribution in [0.4, 0.5) is 0 Å². The molecule has 0 aliphatic carbocycles. The number of benzene rings is 1. The van der Waals surface area contributed by atoms with E-state index in [1.54, 1.807) is 18.2 Å². The second kappa shape index (κ2) is 3.75. The first kappa shape index (κ1) is 10.9. The molecule has 0 N–H and O–H groups in total. The van der Waals surface area contributed by atoms with Gasteiger partial charge in [0.2, 0.25) is 0 Å². The van der Waals surface area contributed by atoms with Gasteiger partial charge in [0.1, 0.15) is 6.61 Å². The molecule has 84 valence electrons. The number of sulfone groups is 1. The highest BCUT2D eigenvalue weighted by Gasteiger charge is 2.20. The van der Waals surface area contributed by atoms with Gasteiger partial charge in [-0.1, -0.05) is 18.2 Å². The van der Waals surface area contributed by atoms with E-state index in [9.17, 15) is 13.2 Å². The van der Waals surface area contributed by atoms with Gasteiger partial charge >= 0.3 is 5.97 Å². The minimum atomic E-state index is -3.30. The molecule has 0 bridgehead atoms. The fraction of sp³-hybridized carbons (Fsp3) is 0.182. The topological polar surface area (TPSA) is 60.4 Å². The van der Waals surface area contributed by atoms with Crippen LogP contribution in [-0.4, -0.2) is 27.2 Å². The van der Waals surface area contributed by atoms with Gasteiger partial charge in [-0.2, -0.15) is 0 Å². The van der Waals surface area contributed by atoms with Gasteiger partial charge in [0.05, 0.1) is 4.90 Å². The van der Waals surface area contributed by atoms with E-state index in [1.165, 1.54) is 12.1 Å². The Morgan fingerprint density at radius 2 is 1.94 bits per heavy atom. The Morgan fingerprint density at radius 1 is 1.25 bits per heavy atom. The number of rotatable bonds is 2. The first-order chi connectivity index (χ1) is 7.48. The van der Waals surface area contributed by atoms with Gasteiger partial charge in [-0.3, -0.25) is 0 Å². The average molecular weight is 238 g/mol. The van der Waals surface area contributed by atoms with Gasteiger partial charge in [0, 0.05) is 17.9 Å². The molecule has 0 fully saturated rings. The van der Waals surface area contributed by atoms with E-state index in [0.29, 0.717) is 11.1 Å². The van der Waals surface area contributed by atoms with Crippen LogP contribution in [0.3, 0.4) is 0 Å². The Balaban J connectivity index is 2.58. The van der Waals surface area contributed by atoms with Crippen LogP contribution in [0.25, 0.3) is 5.57 Å². The van der Waals surface area contributed by atoms with Gasteiger partial charge in [-0.15, -0.1) is 0 Å². The molecular formula is C11H10O4S. The summed E-state index contributed by atoms with van der Waals surface area (Å²) in [5.74, 6) is -0.432. The Labute approximate surface area is 93.5 Å². The summed E-state index contributed by atoms with van der Waals surface area (Å²) in [5, 5.41) is 0. The maximum atomic E-state index is 11.5. The molecule has 16 heavy (non-hydrogen) atoms. The van der Waals surface area contributed by atoms with Crippen LogP contribution in [0.2, 0.25) is 0 Å². The third-order valence-corrected chi connectivity index (χ3v) is 3.45. The Bertz CT molecular complexity index is 569. The van der Waals surface area contributed by atoms with Crippen LogP contribution in [-0.2, 0) is 19.4 Å². The maximum Gasteiger partial charge on any atom is 0.331 e. The number of esters is 1. The maximum absolute atomic E-state index is 11.5. The zero-order valence-electron chi connectivity index (χ0n) is 8.64. The number of hydrogen-bond donors (Lipinski definition) is 0. The van der Waals surface area contributed by atoms with E-state index >= 15 is 0 Å². The Kier molecular flexibility index (Phi) is 2.55. The Morgan fingerprint density at radius 3 is 2.50 bits per heavy atom. The van der Waals surface area contributed by atoms with Crippen molar-refractivity contribution in [2.75, 3.05) is 12.9 Å². The molecule has 1 aliphatic rings. The molecule has 0 spiro atoms. The number of cyclic esters (lactones) is 1. The minimum absolute atomic E-state index is 0.130. The predicted molar refractivity (Wildman–Crippen MR) is 58.5 cm³/mol. The van der Waals surface area contributed by atoms with Crippen LogP contribution in [0.5, 0.6) is 0 Å². The fourth-order valence-electron chi connectivity index (χ4n) is 1.59. The molecule has 0 saturated carbocycles. The van der Waals surface area contributed by atoms with Crippen LogP contribution in [0, 0.1) is 0 Å². The summed E-state index contributed by atoms with van der Waals surface area (Å²) >= 11 is 0. The van der Waals surface area contributed by atoms with Crippen molar-refractivity contribution >= 4 is 21.4 Å². The molecule has 1 aliphatic heterocycles. The summed E-state index contributed by atoms with van der Waals surface area (Å²) in [6.45, 7) is 0.130.